The molecule has 3 heterocycles. The molecule has 0 aliphatic carbocycles. The molecule has 0 radical (unpaired) electrons. The van der Waals surface area contributed by atoms with Crippen LogP contribution in [-0.2, 0) is 14.9 Å². The molecule has 1 aromatic heterocycles. The first-order valence-corrected chi connectivity index (χ1v) is 5.78. The van der Waals surface area contributed by atoms with Crippen molar-refractivity contribution in [3.63, 3.8) is 0 Å². The summed E-state index contributed by atoms with van der Waals surface area (Å²) >= 11 is 0. The second kappa shape index (κ2) is 3.87. The summed E-state index contributed by atoms with van der Waals surface area (Å²) in [4.78, 5) is 0. The van der Waals surface area contributed by atoms with Crippen LogP contribution >= 0.6 is 0 Å². The SMILES string of the molecule is Cc1ccc(C2(C3CNCCO3)COC2)o1. The van der Waals surface area contributed by atoms with Crippen LogP contribution in [-0.4, -0.2) is 39.0 Å². The van der Waals surface area contributed by atoms with Gasteiger partial charge in [-0.2, -0.15) is 0 Å². The Balaban J connectivity index is 1.87. The van der Waals surface area contributed by atoms with Crippen LogP contribution in [0.1, 0.15) is 11.5 Å². The quantitative estimate of drug-likeness (QED) is 0.807. The molecular formula is C12H17NO3. The van der Waals surface area contributed by atoms with E-state index in [1.54, 1.807) is 0 Å². The molecule has 2 aliphatic heterocycles. The highest BCUT2D eigenvalue weighted by atomic mass is 16.5. The van der Waals surface area contributed by atoms with E-state index in [1.807, 2.05) is 13.0 Å². The van der Waals surface area contributed by atoms with Crippen molar-refractivity contribution in [1.29, 1.82) is 0 Å². The Morgan fingerprint density at radius 3 is 2.75 bits per heavy atom. The van der Waals surface area contributed by atoms with E-state index in [-0.39, 0.29) is 11.5 Å². The lowest BCUT2D eigenvalue weighted by Gasteiger charge is -2.46. The zero-order valence-corrected chi connectivity index (χ0v) is 9.49. The predicted molar refractivity (Wildman–Crippen MR) is 58.6 cm³/mol. The molecule has 1 N–H and O–H groups in total. The summed E-state index contributed by atoms with van der Waals surface area (Å²) in [6, 6.07) is 4.06. The summed E-state index contributed by atoms with van der Waals surface area (Å²) < 4.78 is 17.0. The maximum absolute atomic E-state index is 5.85. The molecule has 1 aromatic rings. The minimum absolute atomic E-state index is 0.0678. The fourth-order valence-corrected chi connectivity index (χ4v) is 2.43. The number of morpholine rings is 1. The van der Waals surface area contributed by atoms with Crippen molar-refractivity contribution >= 4 is 0 Å². The molecule has 3 rings (SSSR count). The lowest BCUT2D eigenvalue weighted by atomic mass is 9.77. The van der Waals surface area contributed by atoms with Crippen LogP contribution in [0, 0.1) is 6.92 Å². The maximum Gasteiger partial charge on any atom is 0.117 e. The molecule has 0 saturated carbocycles. The second-order valence-electron chi connectivity index (χ2n) is 4.62. The molecule has 0 aromatic carbocycles. The van der Waals surface area contributed by atoms with Gasteiger partial charge in [0, 0.05) is 13.1 Å². The lowest BCUT2D eigenvalue weighted by Crippen LogP contribution is -2.61. The van der Waals surface area contributed by atoms with Crippen LogP contribution in [0.15, 0.2) is 16.5 Å². The Kier molecular flexibility index (Phi) is 2.50. The Morgan fingerprint density at radius 1 is 1.38 bits per heavy atom. The van der Waals surface area contributed by atoms with Crippen molar-refractivity contribution in [2.45, 2.75) is 18.4 Å². The minimum Gasteiger partial charge on any atom is -0.466 e. The first-order chi connectivity index (χ1) is 7.81. The van der Waals surface area contributed by atoms with Crippen molar-refractivity contribution in [3.05, 3.63) is 23.7 Å². The highest BCUT2D eigenvalue weighted by molar-refractivity contribution is 5.23. The average Bonchev–Trinajstić information content (AvgIpc) is 2.65. The molecule has 0 bridgehead atoms. The third-order valence-corrected chi connectivity index (χ3v) is 3.49. The van der Waals surface area contributed by atoms with Crippen LogP contribution in [0.25, 0.3) is 0 Å². The van der Waals surface area contributed by atoms with Gasteiger partial charge in [0.2, 0.25) is 0 Å². The van der Waals surface area contributed by atoms with Crippen molar-refractivity contribution in [2.24, 2.45) is 0 Å². The van der Waals surface area contributed by atoms with Gasteiger partial charge in [0.1, 0.15) is 16.9 Å². The van der Waals surface area contributed by atoms with Gasteiger partial charge >= 0.3 is 0 Å². The average molecular weight is 223 g/mol. The van der Waals surface area contributed by atoms with Crippen LogP contribution < -0.4 is 5.32 Å². The topological polar surface area (TPSA) is 43.6 Å². The van der Waals surface area contributed by atoms with E-state index in [9.17, 15) is 0 Å². The molecule has 0 spiro atoms. The first kappa shape index (κ1) is 10.3. The van der Waals surface area contributed by atoms with Crippen molar-refractivity contribution in [3.8, 4) is 0 Å². The molecule has 1 atom stereocenters. The van der Waals surface area contributed by atoms with Gasteiger partial charge in [-0.25, -0.2) is 0 Å². The fraction of sp³-hybridized carbons (Fsp3) is 0.667. The molecule has 16 heavy (non-hydrogen) atoms. The van der Waals surface area contributed by atoms with E-state index in [2.05, 4.69) is 11.4 Å². The summed E-state index contributed by atoms with van der Waals surface area (Å²) in [6.07, 6.45) is 0.167. The Labute approximate surface area is 94.9 Å². The molecular weight excluding hydrogens is 206 g/mol. The zero-order chi connectivity index (χ0) is 11.0. The van der Waals surface area contributed by atoms with Crippen LogP contribution in [0.4, 0.5) is 0 Å². The molecule has 4 nitrogen and oxygen atoms in total. The van der Waals surface area contributed by atoms with E-state index in [0.29, 0.717) is 13.2 Å². The summed E-state index contributed by atoms with van der Waals surface area (Å²) in [5, 5.41) is 3.36. The zero-order valence-electron chi connectivity index (χ0n) is 9.49. The summed E-state index contributed by atoms with van der Waals surface area (Å²) in [5.74, 6) is 1.95. The Morgan fingerprint density at radius 2 is 2.25 bits per heavy atom. The lowest BCUT2D eigenvalue weighted by molar-refractivity contribution is -0.153. The fourth-order valence-electron chi connectivity index (χ4n) is 2.43. The third-order valence-electron chi connectivity index (χ3n) is 3.49. The third kappa shape index (κ3) is 1.49. The molecule has 88 valence electrons. The summed E-state index contributed by atoms with van der Waals surface area (Å²) in [6.45, 7) is 5.95. The highest BCUT2D eigenvalue weighted by Crippen LogP contribution is 2.38. The molecule has 2 aliphatic rings. The van der Waals surface area contributed by atoms with Gasteiger partial charge in [-0.3, -0.25) is 0 Å². The number of furan rings is 1. The summed E-state index contributed by atoms with van der Waals surface area (Å²) in [7, 11) is 0. The van der Waals surface area contributed by atoms with Gasteiger partial charge in [-0.05, 0) is 19.1 Å². The van der Waals surface area contributed by atoms with Gasteiger partial charge < -0.3 is 19.2 Å². The van der Waals surface area contributed by atoms with Crippen LogP contribution in [0.3, 0.4) is 0 Å². The number of nitrogens with one attached hydrogen (secondary N) is 1. The van der Waals surface area contributed by atoms with Crippen LogP contribution in [0.2, 0.25) is 0 Å². The normalized spacial score (nSPS) is 28.7. The molecule has 2 saturated heterocycles. The number of aryl methyl sites for hydroxylation is 1. The smallest absolute Gasteiger partial charge is 0.117 e. The van der Waals surface area contributed by atoms with Gasteiger partial charge in [0.15, 0.2) is 0 Å². The number of hydrogen-bond acceptors (Lipinski definition) is 4. The van der Waals surface area contributed by atoms with Crippen molar-refractivity contribution in [1.82, 2.24) is 5.32 Å². The Bertz CT molecular complexity index is 364. The van der Waals surface area contributed by atoms with Crippen LogP contribution in [0.5, 0.6) is 0 Å². The predicted octanol–water partition coefficient (Wildman–Crippen LogP) is 0.844. The molecule has 1 unspecified atom stereocenters. The molecule has 0 amide bonds. The minimum atomic E-state index is -0.0678. The highest BCUT2D eigenvalue weighted by Gasteiger charge is 2.50. The number of hydrogen-bond donors (Lipinski definition) is 1. The largest absolute Gasteiger partial charge is 0.466 e. The van der Waals surface area contributed by atoms with Gasteiger partial charge in [0.25, 0.3) is 0 Å². The maximum atomic E-state index is 5.85. The number of ether oxygens (including phenoxy) is 2. The van der Waals surface area contributed by atoms with Gasteiger partial charge in [0.05, 0.1) is 25.9 Å². The van der Waals surface area contributed by atoms with Crippen molar-refractivity contribution < 1.29 is 13.9 Å². The molecule has 2 fully saturated rings. The number of rotatable bonds is 2. The van der Waals surface area contributed by atoms with E-state index < -0.39 is 0 Å². The molecule has 4 heteroatoms. The second-order valence-corrected chi connectivity index (χ2v) is 4.62. The first-order valence-electron chi connectivity index (χ1n) is 5.78. The van der Waals surface area contributed by atoms with E-state index in [0.717, 1.165) is 31.2 Å². The monoisotopic (exact) mass is 223 g/mol. The Hall–Kier alpha value is -0.840. The van der Waals surface area contributed by atoms with E-state index in [4.69, 9.17) is 13.9 Å². The standard InChI is InChI=1S/C12H17NO3/c1-9-2-3-10(16-9)12(7-14-8-12)11-6-13-4-5-15-11/h2-3,11,13H,4-8H2,1H3. The van der Waals surface area contributed by atoms with E-state index in [1.165, 1.54) is 0 Å². The van der Waals surface area contributed by atoms with Gasteiger partial charge in [-0.1, -0.05) is 0 Å². The van der Waals surface area contributed by atoms with Crippen molar-refractivity contribution in [2.75, 3.05) is 32.9 Å². The van der Waals surface area contributed by atoms with Gasteiger partial charge in [-0.15, -0.1) is 0 Å². The summed E-state index contributed by atoms with van der Waals surface area (Å²) in [5.41, 5.74) is -0.0678. The van der Waals surface area contributed by atoms with E-state index >= 15 is 0 Å².